The maximum atomic E-state index is 10.1. The van der Waals surface area contributed by atoms with Crippen LogP contribution in [0.1, 0.15) is 5.56 Å². The van der Waals surface area contributed by atoms with Gasteiger partial charge in [-0.3, -0.25) is 4.79 Å². The number of hydrogen-bond donors (Lipinski definition) is 1. The Labute approximate surface area is 65.2 Å². The van der Waals surface area contributed by atoms with Gasteiger partial charge >= 0.3 is 0 Å². The number of nitrogens with one attached hydrogen (secondary N) is 1. The predicted molar refractivity (Wildman–Crippen MR) is 44.1 cm³/mol. The van der Waals surface area contributed by atoms with E-state index in [9.17, 15) is 4.79 Å². The van der Waals surface area contributed by atoms with Crippen LogP contribution in [-0.2, 0) is 4.79 Å². The van der Waals surface area contributed by atoms with Gasteiger partial charge in [-0.25, -0.2) is 0 Å². The molecule has 0 saturated heterocycles. The molecule has 1 aromatic carbocycles. The third-order valence-corrected chi connectivity index (χ3v) is 1.30. The first-order valence-corrected chi connectivity index (χ1v) is 3.14. The Balaban J connectivity index is 3.04. The molecular formula is C9H7NO. The van der Waals surface area contributed by atoms with Gasteiger partial charge in [0.2, 0.25) is 6.41 Å². The van der Waals surface area contributed by atoms with E-state index in [1.54, 1.807) is 12.1 Å². The predicted octanol–water partition coefficient (Wildman–Crippen LogP) is 1.24. The average Bonchev–Trinajstić information content (AvgIpc) is 2.06. The molecule has 0 aliphatic rings. The van der Waals surface area contributed by atoms with Gasteiger partial charge in [-0.15, -0.1) is 6.42 Å². The summed E-state index contributed by atoms with van der Waals surface area (Å²) in [7, 11) is 0. The topological polar surface area (TPSA) is 29.1 Å². The quantitative estimate of drug-likeness (QED) is 0.492. The summed E-state index contributed by atoms with van der Waals surface area (Å²) in [4.78, 5) is 10.1. The zero-order valence-electron chi connectivity index (χ0n) is 5.87. The van der Waals surface area contributed by atoms with Gasteiger partial charge in [-0.1, -0.05) is 18.1 Å². The fourth-order valence-electron chi connectivity index (χ4n) is 0.798. The normalized spacial score (nSPS) is 8.27. The second kappa shape index (κ2) is 3.43. The zero-order chi connectivity index (χ0) is 8.10. The van der Waals surface area contributed by atoms with Crippen molar-refractivity contribution in [2.45, 2.75) is 0 Å². The molecule has 0 unspecified atom stereocenters. The van der Waals surface area contributed by atoms with Crippen molar-refractivity contribution in [1.29, 1.82) is 0 Å². The van der Waals surface area contributed by atoms with E-state index in [1.165, 1.54) is 0 Å². The van der Waals surface area contributed by atoms with Gasteiger partial charge in [-0.2, -0.15) is 0 Å². The number of terminal acetylenes is 1. The molecule has 0 atom stereocenters. The van der Waals surface area contributed by atoms with Crippen molar-refractivity contribution >= 4 is 12.1 Å². The molecule has 2 nitrogen and oxygen atoms in total. The molecule has 1 aromatic rings. The van der Waals surface area contributed by atoms with E-state index in [-0.39, 0.29) is 0 Å². The highest BCUT2D eigenvalue weighted by Gasteiger charge is 1.94. The van der Waals surface area contributed by atoms with Crippen molar-refractivity contribution in [3.63, 3.8) is 0 Å². The molecule has 1 amide bonds. The van der Waals surface area contributed by atoms with Crippen LogP contribution in [0.4, 0.5) is 5.69 Å². The second-order valence-corrected chi connectivity index (χ2v) is 1.95. The number of amides is 1. The van der Waals surface area contributed by atoms with E-state index in [0.717, 1.165) is 0 Å². The van der Waals surface area contributed by atoms with Crippen molar-refractivity contribution in [1.82, 2.24) is 0 Å². The van der Waals surface area contributed by atoms with Gasteiger partial charge in [0.15, 0.2) is 0 Å². The summed E-state index contributed by atoms with van der Waals surface area (Å²) >= 11 is 0. The summed E-state index contributed by atoms with van der Waals surface area (Å²) in [5.74, 6) is 2.46. The van der Waals surface area contributed by atoms with Gasteiger partial charge < -0.3 is 5.32 Å². The Morgan fingerprint density at radius 3 is 2.82 bits per heavy atom. The maximum Gasteiger partial charge on any atom is 0.211 e. The molecule has 0 spiro atoms. The van der Waals surface area contributed by atoms with Gasteiger partial charge in [0.25, 0.3) is 0 Å². The van der Waals surface area contributed by atoms with E-state index < -0.39 is 0 Å². The van der Waals surface area contributed by atoms with Crippen LogP contribution in [0.25, 0.3) is 0 Å². The Hall–Kier alpha value is -1.75. The third-order valence-electron chi connectivity index (χ3n) is 1.30. The molecule has 54 valence electrons. The molecule has 0 heterocycles. The van der Waals surface area contributed by atoms with E-state index in [2.05, 4.69) is 11.2 Å². The minimum Gasteiger partial charge on any atom is -0.328 e. The summed E-state index contributed by atoms with van der Waals surface area (Å²) in [6.45, 7) is 0. The number of anilines is 1. The lowest BCUT2D eigenvalue weighted by atomic mass is 10.2. The standard InChI is InChI=1S/C9H7NO/c1-2-8-5-3-4-6-9(8)10-7-11/h1,3-7H,(H,10,11). The van der Waals surface area contributed by atoms with E-state index >= 15 is 0 Å². The monoisotopic (exact) mass is 145 g/mol. The minimum atomic E-state index is 0.607. The van der Waals surface area contributed by atoms with Gasteiger partial charge in [-0.05, 0) is 12.1 Å². The lowest BCUT2D eigenvalue weighted by molar-refractivity contribution is -0.105. The van der Waals surface area contributed by atoms with Crippen molar-refractivity contribution < 1.29 is 4.79 Å². The van der Waals surface area contributed by atoms with Crippen molar-refractivity contribution in [3.8, 4) is 12.3 Å². The molecule has 0 fully saturated rings. The Bertz CT molecular complexity index is 299. The van der Waals surface area contributed by atoms with Crippen LogP contribution in [-0.4, -0.2) is 6.41 Å². The molecule has 1 N–H and O–H groups in total. The van der Waals surface area contributed by atoms with E-state index in [0.29, 0.717) is 17.7 Å². The molecular weight excluding hydrogens is 138 g/mol. The minimum absolute atomic E-state index is 0.607. The lowest BCUT2D eigenvalue weighted by Gasteiger charge is -1.99. The number of rotatable bonds is 2. The van der Waals surface area contributed by atoms with Crippen molar-refractivity contribution in [2.24, 2.45) is 0 Å². The van der Waals surface area contributed by atoms with Crippen molar-refractivity contribution in [2.75, 3.05) is 5.32 Å². The lowest BCUT2D eigenvalue weighted by Crippen LogP contribution is -1.95. The smallest absolute Gasteiger partial charge is 0.211 e. The number of carbonyl (C=O) groups is 1. The van der Waals surface area contributed by atoms with Crippen LogP contribution < -0.4 is 5.32 Å². The second-order valence-electron chi connectivity index (χ2n) is 1.95. The molecule has 0 radical (unpaired) electrons. The number of carbonyl (C=O) groups excluding carboxylic acids is 1. The first kappa shape index (κ1) is 7.36. The van der Waals surface area contributed by atoms with E-state index in [1.807, 2.05) is 12.1 Å². The molecule has 0 aliphatic heterocycles. The summed E-state index contributed by atoms with van der Waals surface area (Å²) in [6, 6.07) is 7.16. The molecule has 2 heteroatoms. The van der Waals surface area contributed by atoms with Gasteiger partial charge in [0.1, 0.15) is 0 Å². The fourth-order valence-corrected chi connectivity index (χ4v) is 0.798. The molecule has 0 bridgehead atoms. The summed E-state index contributed by atoms with van der Waals surface area (Å²) in [6.07, 6.45) is 5.78. The first-order chi connectivity index (χ1) is 5.38. The largest absolute Gasteiger partial charge is 0.328 e. The summed E-state index contributed by atoms with van der Waals surface area (Å²) in [5, 5.41) is 2.50. The third kappa shape index (κ3) is 1.59. The fraction of sp³-hybridized carbons (Fsp3) is 0. The number of benzene rings is 1. The molecule has 0 aliphatic carbocycles. The Morgan fingerprint density at radius 1 is 1.45 bits per heavy atom. The molecule has 11 heavy (non-hydrogen) atoms. The highest BCUT2D eigenvalue weighted by molar-refractivity contribution is 5.75. The summed E-state index contributed by atoms with van der Waals surface area (Å²) in [5.41, 5.74) is 1.37. The van der Waals surface area contributed by atoms with Crippen LogP contribution in [0.5, 0.6) is 0 Å². The van der Waals surface area contributed by atoms with Crippen LogP contribution in [0, 0.1) is 12.3 Å². The average molecular weight is 145 g/mol. The molecule has 0 saturated carbocycles. The maximum absolute atomic E-state index is 10.1. The van der Waals surface area contributed by atoms with Gasteiger partial charge in [0.05, 0.1) is 5.69 Å². The highest BCUT2D eigenvalue weighted by Crippen LogP contribution is 2.11. The zero-order valence-corrected chi connectivity index (χ0v) is 5.87. The highest BCUT2D eigenvalue weighted by atomic mass is 16.1. The SMILES string of the molecule is C#Cc1ccccc1NC=O. The van der Waals surface area contributed by atoms with Crippen LogP contribution in [0.2, 0.25) is 0 Å². The van der Waals surface area contributed by atoms with Crippen LogP contribution in [0.15, 0.2) is 24.3 Å². The van der Waals surface area contributed by atoms with Gasteiger partial charge in [0, 0.05) is 5.56 Å². The number of hydrogen-bond acceptors (Lipinski definition) is 1. The summed E-state index contributed by atoms with van der Waals surface area (Å²) < 4.78 is 0. The van der Waals surface area contributed by atoms with Crippen LogP contribution in [0.3, 0.4) is 0 Å². The van der Waals surface area contributed by atoms with Crippen molar-refractivity contribution in [3.05, 3.63) is 29.8 Å². The Kier molecular flexibility index (Phi) is 2.29. The molecule has 0 aromatic heterocycles. The Morgan fingerprint density at radius 2 is 2.18 bits per heavy atom. The molecule has 1 rings (SSSR count). The van der Waals surface area contributed by atoms with E-state index in [4.69, 9.17) is 6.42 Å². The number of para-hydroxylation sites is 1. The van der Waals surface area contributed by atoms with Crippen LogP contribution >= 0.6 is 0 Å². The first-order valence-electron chi connectivity index (χ1n) is 3.14.